The second kappa shape index (κ2) is 8.76. The molecule has 0 radical (unpaired) electrons. The predicted molar refractivity (Wildman–Crippen MR) is 144 cm³/mol. The number of carbonyl (C=O) groups is 1. The third kappa shape index (κ3) is 3.65. The third-order valence-electron chi connectivity index (χ3n) is 7.05. The van der Waals surface area contributed by atoms with Crippen molar-refractivity contribution in [2.75, 3.05) is 7.05 Å². The molecule has 0 aliphatic carbocycles. The van der Waals surface area contributed by atoms with E-state index in [-0.39, 0.29) is 22.4 Å². The fourth-order valence-electron chi connectivity index (χ4n) is 4.96. The molecule has 1 N–H and O–H groups in total. The second-order valence-corrected chi connectivity index (χ2v) is 9.33. The van der Waals surface area contributed by atoms with E-state index in [1.165, 1.54) is 25.2 Å². The molecule has 11 heteroatoms. The van der Waals surface area contributed by atoms with Gasteiger partial charge in [0.2, 0.25) is 0 Å². The van der Waals surface area contributed by atoms with Crippen molar-refractivity contribution in [1.29, 1.82) is 0 Å². The number of imidazole rings is 3. The average Bonchev–Trinajstić information content (AvgIpc) is 3.58. The Morgan fingerprint density at radius 3 is 2.36 bits per heavy atom. The van der Waals surface area contributed by atoms with Gasteiger partial charge in [-0.3, -0.25) is 18.5 Å². The fraction of sp³-hybridized carbons (Fsp3) is 0.143. The van der Waals surface area contributed by atoms with E-state index < -0.39 is 17.5 Å². The minimum atomic E-state index is -0.755. The maximum Gasteiger partial charge on any atom is 0.328 e. The highest BCUT2D eigenvalue weighted by Gasteiger charge is 2.21. The van der Waals surface area contributed by atoms with Crippen molar-refractivity contribution >= 4 is 28.0 Å². The number of carbonyl (C=O) groups excluding carboxylic acids is 1. The molecule has 1 amide bonds. The number of hydrogen-bond acceptors (Lipinski definition) is 4. The molecule has 6 rings (SSSR count). The van der Waals surface area contributed by atoms with Gasteiger partial charge in [0.15, 0.2) is 5.82 Å². The molecule has 3 aromatic heterocycles. The monoisotopic (exact) mass is 527 g/mol. The molecule has 0 bridgehead atoms. The first-order chi connectivity index (χ1) is 18.7. The lowest BCUT2D eigenvalue weighted by atomic mass is 10.0. The number of benzene rings is 3. The Kier molecular flexibility index (Phi) is 5.45. The van der Waals surface area contributed by atoms with Gasteiger partial charge in [0.1, 0.15) is 17.3 Å². The number of amides is 1. The molecule has 0 saturated carbocycles. The first kappa shape index (κ1) is 24.3. The van der Waals surface area contributed by atoms with Crippen LogP contribution in [-0.2, 0) is 21.1 Å². The van der Waals surface area contributed by atoms with Crippen LogP contribution in [0.15, 0.2) is 65.8 Å². The average molecular weight is 528 g/mol. The van der Waals surface area contributed by atoms with Crippen LogP contribution in [0, 0.1) is 11.6 Å². The molecule has 3 aromatic carbocycles. The SMILES string of the molecule is CNC(=O)c1ccc(-c2cc3nc(-c4cncn4C)n(-c4ccc5c(c4)n(C)c(=O)n5C)c3cc2F)cc1F. The van der Waals surface area contributed by atoms with Crippen molar-refractivity contribution in [2.45, 2.75) is 0 Å². The van der Waals surface area contributed by atoms with E-state index in [0.29, 0.717) is 33.8 Å². The van der Waals surface area contributed by atoms with Crippen molar-refractivity contribution < 1.29 is 13.6 Å². The molecule has 0 saturated heterocycles. The molecule has 6 aromatic rings. The Morgan fingerprint density at radius 1 is 0.897 bits per heavy atom. The Labute approximate surface area is 220 Å². The molecule has 9 nitrogen and oxygen atoms in total. The molecule has 196 valence electrons. The zero-order valence-electron chi connectivity index (χ0n) is 21.5. The lowest BCUT2D eigenvalue weighted by Crippen LogP contribution is -2.19. The van der Waals surface area contributed by atoms with Gasteiger partial charge in [-0.15, -0.1) is 0 Å². The summed E-state index contributed by atoms with van der Waals surface area (Å²) >= 11 is 0. The van der Waals surface area contributed by atoms with Crippen LogP contribution in [0.1, 0.15) is 10.4 Å². The Morgan fingerprint density at radius 2 is 1.67 bits per heavy atom. The number of halogens is 2. The highest BCUT2D eigenvalue weighted by Crippen LogP contribution is 2.34. The van der Waals surface area contributed by atoms with Crippen molar-refractivity contribution in [3.8, 4) is 28.3 Å². The van der Waals surface area contributed by atoms with E-state index in [4.69, 9.17) is 4.98 Å². The van der Waals surface area contributed by atoms with Gasteiger partial charge in [-0.1, -0.05) is 6.07 Å². The van der Waals surface area contributed by atoms with Crippen LogP contribution in [0.3, 0.4) is 0 Å². The zero-order chi connectivity index (χ0) is 27.6. The number of hydrogen-bond donors (Lipinski definition) is 1. The molecular weight excluding hydrogens is 504 g/mol. The summed E-state index contributed by atoms with van der Waals surface area (Å²) in [5, 5.41) is 2.39. The molecule has 0 spiro atoms. The molecule has 0 unspecified atom stereocenters. The minimum Gasteiger partial charge on any atom is -0.355 e. The Balaban J connectivity index is 1.60. The predicted octanol–water partition coefficient (Wildman–Crippen LogP) is 3.92. The van der Waals surface area contributed by atoms with Gasteiger partial charge in [0.25, 0.3) is 5.91 Å². The summed E-state index contributed by atoms with van der Waals surface area (Å²) in [5.74, 6) is -1.39. The zero-order valence-corrected chi connectivity index (χ0v) is 21.5. The van der Waals surface area contributed by atoms with E-state index in [9.17, 15) is 14.0 Å². The van der Waals surface area contributed by atoms with Gasteiger partial charge in [-0.2, -0.15) is 0 Å². The molecule has 0 aliphatic rings. The van der Waals surface area contributed by atoms with E-state index in [1.807, 2.05) is 29.8 Å². The molecule has 0 aliphatic heterocycles. The summed E-state index contributed by atoms with van der Waals surface area (Å²) in [4.78, 5) is 33.5. The van der Waals surface area contributed by atoms with Crippen LogP contribution in [-0.4, -0.2) is 41.2 Å². The molecule has 39 heavy (non-hydrogen) atoms. The first-order valence-corrected chi connectivity index (χ1v) is 12.1. The highest BCUT2D eigenvalue weighted by atomic mass is 19.1. The number of aromatic nitrogens is 6. The van der Waals surface area contributed by atoms with Crippen molar-refractivity contribution in [2.24, 2.45) is 21.1 Å². The Hall–Kier alpha value is -5.06. The van der Waals surface area contributed by atoms with Gasteiger partial charge in [0.05, 0.1) is 40.2 Å². The number of fused-ring (bicyclic) bond motifs is 2. The summed E-state index contributed by atoms with van der Waals surface area (Å²) in [6.45, 7) is 0. The lowest BCUT2D eigenvalue weighted by molar-refractivity contribution is 0.0959. The van der Waals surface area contributed by atoms with Crippen molar-refractivity contribution in [3.05, 3.63) is 88.7 Å². The smallest absolute Gasteiger partial charge is 0.328 e. The first-order valence-electron chi connectivity index (χ1n) is 12.1. The van der Waals surface area contributed by atoms with Gasteiger partial charge in [-0.25, -0.2) is 23.5 Å². The largest absolute Gasteiger partial charge is 0.355 e. The van der Waals surface area contributed by atoms with Crippen LogP contribution in [0.2, 0.25) is 0 Å². The van der Waals surface area contributed by atoms with Crippen LogP contribution >= 0.6 is 0 Å². The number of nitrogens with one attached hydrogen (secondary N) is 1. The number of nitrogens with zero attached hydrogens (tertiary/aromatic N) is 6. The van der Waals surface area contributed by atoms with Gasteiger partial charge < -0.3 is 9.88 Å². The highest BCUT2D eigenvalue weighted by molar-refractivity contribution is 5.95. The van der Waals surface area contributed by atoms with E-state index in [1.54, 1.807) is 46.4 Å². The lowest BCUT2D eigenvalue weighted by Gasteiger charge is -2.11. The third-order valence-corrected chi connectivity index (χ3v) is 7.05. The van der Waals surface area contributed by atoms with Gasteiger partial charge in [0, 0.05) is 45.5 Å². The molecule has 0 atom stereocenters. The summed E-state index contributed by atoms with van der Waals surface area (Å²) in [7, 11) is 6.65. The summed E-state index contributed by atoms with van der Waals surface area (Å²) in [6.07, 6.45) is 3.31. The van der Waals surface area contributed by atoms with Crippen molar-refractivity contribution in [1.82, 2.24) is 33.6 Å². The van der Waals surface area contributed by atoms with Crippen molar-refractivity contribution in [3.63, 3.8) is 0 Å². The second-order valence-electron chi connectivity index (χ2n) is 9.33. The number of rotatable bonds is 4. The van der Waals surface area contributed by atoms with Gasteiger partial charge in [-0.05, 0) is 42.0 Å². The quantitative estimate of drug-likeness (QED) is 0.376. The number of aryl methyl sites for hydroxylation is 3. The minimum absolute atomic E-state index is 0.129. The van der Waals surface area contributed by atoms with Crippen LogP contribution < -0.4 is 11.0 Å². The van der Waals surface area contributed by atoms with E-state index in [0.717, 1.165) is 11.6 Å². The van der Waals surface area contributed by atoms with Crippen LogP contribution in [0.4, 0.5) is 8.78 Å². The Bertz CT molecular complexity index is 2010. The summed E-state index contributed by atoms with van der Waals surface area (Å²) in [6, 6.07) is 12.4. The molecular formula is C28H23F2N7O2. The standard InChI is InChI=1S/C28H23F2N7O2/c1-31-27(38)17-7-5-15(9-19(17)29)18-11-21-23(12-20(18)30)37(26(33-21)25-13-32-14-34(25)2)16-6-8-22-24(10-16)36(4)28(39)35(22)3/h5-14H,1-4H3,(H,31,38). The summed E-state index contributed by atoms with van der Waals surface area (Å²) < 4.78 is 37.1. The van der Waals surface area contributed by atoms with E-state index >= 15 is 4.39 Å². The maximum absolute atomic E-state index is 15.7. The maximum atomic E-state index is 15.7. The summed E-state index contributed by atoms with van der Waals surface area (Å²) in [5.41, 5.74) is 3.92. The van der Waals surface area contributed by atoms with Crippen LogP contribution in [0.25, 0.3) is 50.4 Å². The topological polar surface area (TPSA) is 91.7 Å². The fourth-order valence-corrected chi connectivity index (χ4v) is 4.96. The van der Waals surface area contributed by atoms with Gasteiger partial charge >= 0.3 is 5.69 Å². The van der Waals surface area contributed by atoms with E-state index in [2.05, 4.69) is 10.3 Å². The molecule has 3 heterocycles. The van der Waals surface area contributed by atoms with Crippen LogP contribution in [0.5, 0.6) is 0 Å². The normalized spacial score (nSPS) is 11.5. The molecule has 0 fully saturated rings.